The Labute approximate surface area is 114 Å². The molecule has 0 aliphatic rings. The van der Waals surface area contributed by atoms with Gasteiger partial charge in [-0.05, 0) is 32.4 Å². The summed E-state index contributed by atoms with van der Waals surface area (Å²) >= 11 is 0. The van der Waals surface area contributed by atoms with Crippen LogP contribution in [0.25, 0.3) is 0 Å². The Morgan fingerprint density at radius 3 is 2.32 bits per heavy atom. The van der Waals surface area contributed by atoms with Gasteiger partial charge >= 0.3 is 0 Å². The lowest BCUT2D eigenvalue weighted by atomic mass is 10.2. The molecule has 0 aliphatic carbocycles. The number of hydrogen-bond acceptors (Lipinski definition) is 3. The highest BCUT2D eigenvalue weighted by Crippen LogP contribution is 2.08. The van der Waals surface area contributed by atoms with Crippen LogP contribution in [0, 0.1) is 0 Å². The van der Waals surface area contributed by atoms with E-state index in [0.717, 1.165) is 6.42 Å². The fourth-order valence-corrected chi connectivity index (χ4v) is 2.65. The lowest BCUT2D eigenvalue weighted by molar-refractivity contribution is -0.122. The Morgan fingerprint density at radius 1 is 1.21 bits per heavy atom. The quantitative estimate of drug-likeness (QED) is 0.826. The zero-order valence-electron chi connectivity index (χ0n) is 11.4. The first-order valence-corrected chi connectivity index (χ1v) is 7.73. The van der Waals surface area contributed by atoms with Crippen molar-refractivity contribution in [3.63, 3.8) is 0 Å². The van der Waals surface area contributed by atoms with Gasteiger partial charge in [0, 0.05) is 6.04 Å². The zero-order chi connectivity index (χ0) is 14.5. The minimum Gasteiger partial charge on any atom is -0.352 e. The summed E-state index contributed by atoms with van der Waals surface area (Å²) in [5, 5.41) is 2.74. The van der Waals surface area contributed by atoms with Crippen LogP contribution >= 0.6 is 0 Å². The molecule has 0 radical (unpaired) electrons. The highest BCUT2D eigenvalue weighted by Gasteiger charge is 2.22. The predicted octanol–water partition coefficient (Wildman–Crippen LogP) is 1.27. The van der Waals surface area contributed by atoms with Crippen LogP contribution in [0.4, 0.5) is 0 Å². The van der Waals surface area contributed by atoms with Gasteiger partial charge in [-0.25, -0.2) is 8.42 Å². The van der Waals surface area contributed by atoms with Gasteiger partial charge in [-0.3, -0.25) is 4.79 Å². The van der Waals surface area contributed by atoms with Crippen molar-refractivity contribution in [2.45, 2.75) is 44.2 Å². The lowest BCUT2D eigenvalue weighted by Gasteiger charge is -2.17. The molecule has 1 aromatic rings. The molecule has 0 saturated carbocycles. The van der Waals surface area contributed by atoms with Crippen molar-refractivity contribution < 1.29 is 13.2 Å². The molecule has 0 spiro atoms. The SMILES string of the molecule is CC[C@H](C)NC(=O)[C@H](C)NS(=O)(=O)c1ccccc1. The average molecular weight is 284 g/mol. The number of amides is 1. The molecule has 1 amide bonds. The van der Waals surface area contributed by atoms with E-state index < -0.39 is 16.1 Å². The second kappa shape index (κ2) is 6.68. The van der Waals surface area contributed by atoms with Gasteiger partial charge in [0.1, 0.15) is 0 Å². The summed E-state index contributed by atoms with van der Waals surface area (Å²) in [4.78, 5) is 11.9. The van der Waals surface area contributed by atoms with E-state index in [1.165, 1.54) is 19.1 Å². The highest BCUT2D eigenvalue weighted by atomic mass is 32.2. The van der Waals surface area contributed by atoms with Crippen LogP contribution in [0.15, 0.2) is 35.2 Å². The second-order valence-electron chi connectivity index (χ2n) is 4.47. The van der Waals surface area contributed by atoms with Crippen molar-refractivity contribution in [1.82, 2.24) is 10.0 Å². The molecule has 0 aromatic heterocycles. The molecular weight excluding hydrogens is 264 g/mol. The molecule has 2 N–H and O–H groups in total. The maximum Gasteiger partial charge on any atom is 0.241 e. The summed E-state index contributed by atoms with van der Waals surface area (Å²) in [6.45, 7) is 5.35. The fourth-order valence-electron chi connectivity index (χ4n) is 1.42. The summed E-state index contributed by atoms with van der Waals surface area (Å²) in [6.07, 6.45) is 0.796. The van der Waals surface area contributed by atoms with Crippen molar-refractivity contribution >= 4 is 15.9 Å². The van der Waals surface area contributed by atoms with Gasteiger partial charge < -0.3 is 5.32 Å². The summed E-state index contributed by atoms with van der Waals surface area (Å²) in [5.74, 6) is -0.325. The van der Waals surface area contributed by atoms with E-state index in [1.807, 2.05) is 13.8 Å². The van der Waals surface area contributed by atoms with E-state index in [9.17, 15) is 13.2 Å². The minimum atomic E-state index is -3.66. The van der Waals surface area contributed by atoms with Crippen molar-refractivity contribution in [3.8, 4) is 0 Å². The van der Waals surface area contributed by atoms with Crippen molar-refractivity contribution in [1.29, 1.82) is 0 Å². The Hall–Kier alpha value is -1.40. The van der Waals surface area contributed by atoms with Crippen LogP contribution in [-0.4, -0.2) is 26.4 Å². The van der Waals surface area contributed by atoms with Crippen LogP contribution in [0.2, 0.25) is 0 Å². The first-order valence-electron chi connectivity index (χ1n) is 6.24. The van der Waals surface area contributed by atoms with E-state index in [2.05, 4.69) is 10.0 Å². The number of benzene rings is 1. The molecule has 0 unspecified atom stereocenters. The van der Waals surface area contributed by atoms with E-state index in [0.29, 0.717) is 0 Å². The molecule has 0 heterocycles. The Balaban J connectivity index is 2.71. The topological polar surface area (TPSA) is 75.3 Å². The van der Waals surface area contributed by atoms with Crippen LogP contribution in [0.5, 0.6) is 0 Å². The molecular formula is C13H20N2O3S. The minimum absolute atomic E-state index is 0.0242. The van der Waals surface area contributed by atoms with E-state index >= 15 is 0 Å². The van der Waals surface area contributed by atoms with E-state index in [1.54, 1.807) is 18.2 Å². The van der Waals surface area contributed by atoms with Crippen molar-refractivity contribution in [2.24, 2.45) is 0 Å². The monoisotopic (exact) mass is 284 g/mol. The summed E-state index contributed by atoms with van der Waals surface area (Å²) in [6, 6.07) is 7.20. The molecule has 0 saturated heterocycles. The normalized spacial score (nSPS) is 14.7. The van der Waals surface area contributed by atoms with Gasteiger partial charge in [0.05, 0.1) is 10.9 Å². The maximum atomic E-state index is 12.0. The molecule has 19 heavy (non-hydrogen) atoms. The predicted molar refractivity (Wildman–Crippen MR) is 74.1 cm³/mol. The van der Waals surface area contributed by atoms with Crippen LogP contribution in [-0.2, 0) is 14.8 Å². The van der Waals surface area contributed by atoms with Gasteiger partial charge in [-0.1, -0.05) is 25.1 Å². The molecule has 5 nitrogen and oxygen atoms in total. The first-order chi connectivity index (χ1) is 8.86. The number of carbonyl (C=O) groups is 1. The van der Waals surface area contributed by atoms with Crippen LogP contribution in [0.3, 0.4) is 0 Å². The van der Waals surface area contributed by atoms with Gasteiger partial charge in [-0.2, -0.15) is 4.72 Å². The molecule has 1 aromatic carbocycles. The van der Waals surface area contributed by atoms with Gasteiger partial charge in [0.15, 0.2) is 0 Å². The Kier molecular flexibility index (Phi) is 5.50. The zero-order valence-corrected chi connectivity index (χ0v) is 12.2. The standard InChI is InChI=1S/C13H20N2O3S/c1-4-10(2)14-13(16)11(3)15-19(17,18)12-8-6-5-7-9-12/h5-11,15H,4H2,1-3H3,(H,14,16)/t10-,11-/m0/s1. The van der Waals surface area contributed by atoms with Crippen molar-refractivity contribution in [3.05, 3.63) is 30.3 Å². The number of carbonyl (C=O) groups excluding carboxylic acids is 1. The van der Waals surface area contributed by atoms with E-state index in [-0.39, 0.29) is 16.8 Å². The first kappa shape index (κ1) is 15.7. The maximum absolute atomic E-state index is 12.0. The number of rotatable bonds is 6. The van der Waals surface area contributed by atoms with Crippen LogP contribution < -0.4 is 10.0 Å². The highest BCUT2D eigenvalue weighted by molar-refractivity contribution is 7.89. The van der Waals surface area contributed by atoms with Gasteiger partial charge in [0.25, 0.3) is 0 Å². The van der Waals surface area contributed by atoms with E-state index in [4.69, 9.17) is 0 Å². The molecule has 0 bridgehead atoms. The molecule has 2 atom stereocenters. The van der Waals surface area contributed by atoms with Gasteiger partial charge in [-0.15, -0.1) is 0 Å². The summed E-state index contributed by atoms with van der Waals surface area (Å²) in [7, 11) is -3.66. The molecule has 0 aliphatic heterocycles. The fraction of sp³-hybridized carbons (Fsp3) is 0.462. The molecule has 6 heteroatoms. The summed E-state index contributed by atoms with van der Waals surface area (Å²) < 4.78 is 26.4. The number of hydrogen-bond donors (Lipinski definition) is 2. The number of nitrogens with one attached hydrogen (secondary N) is 2. The molecule has 0 fully saturated rings. The third-order valence-corrected chi connectivity index (χ3v) is 4.34. The molecule has 1 rings (SSSR count). The molecule has 106 valence electrons. The average Bonchev–Trinajstić information content (AvgIpc) is 2.39. The van der Waals surface area contributed by atoms with Crippen molar-refractivity contribution in [2.75, 3.05) is 0 Å². The summed E-state index contributed by atoms with van der Waals surface area (Å²) in [5.41, 5.74) is 0. The second-order valence-corrected chi connectivity index (χ2v) is 6.19. The van der Waals surface area contributed by atoms with Gasteiger partial charge in [0.2, 0.25) is 15.9 Å². The lowest BCUT2D eigenvalue weighted by Crippen LogP contribution is -2.47. The largest absolute Gasteiger partial charge is 0.352 e. The third kappa shape index (κ3) is 4.65. The third-order valence-electron chi connectivity index (χ3n) is 2.78. The number of sulfonamides is 1. The van der Waals surface area contributed by atoms with Crippen LogP contribution in [0.1, 0.15) is 27.2 Å². The Morgan fingerprint density at radius 2 is 1.79 bits per heavy atom. The Bertz CT molecular complexity index is 514. The smallest absolute Gasteiger partial charge is 0.241 e.